The van der Waals surface area contributed by atoms with Crippen LogP contribution < -0.4 is 14.3 Å². The quantitative estimate of drug-likeness (QED) is 0.594. The zero-order valence-corrected chi connectivity index (χ0v) is 20.1. The Balaban J connectivity index is 0.00000274. The van der Waals surface area contributed by atoms with Crippen LogP contribution in [0.2, 0.25) is 0 Å². The first-order valence-electron chi connectivity index (χ1n) is 11.8. The molecule has 0 unspecified atom stereocenters. The minimum atomic E-state index is -4.13. The van der Waals surface area contributed by atoms with E-state index >= 15 is 0 Å². The molecule has 0 radical (unpaired) electrons. The summed E-state index contributed by atoms with van der Waals surface area (Å²) in [5.74, 6) is 0. The van der Waals surface area contributed by atoms with Gasteiger partial charge < -0.3 is 10.2 Å². The van der Waals surface area contributed by atoms with Crippen LogP contribution in [-0.2, 0) is 42.9 Å². The number of nitrogens with one attached hydrogen (secondary N) is 2. The number of carbonyl (C=O) groups excluding carboxylic acids is 1. The number of hydrogen-bond acceptors (Lipinski definition) is 5. The van der Waals surface area contributed by atoms with Crippen LogP contribution in [0.1, 0.15) is 47.9 Å². The molecule has 2 heterocycles. The number of aromatic nitrogens is 2. The summed E-state index contributed by atoms with van der Waals surface area (Å²) in [6.07, 6.45) is 11.1. The van der Waals surface area contributed by atoms with Gasteiger partial charge in [-0.05, 0) is 87.2 Å². The Bertz CT molecular complexity index is 1150. The first kappa shape index (κ1) is 25.5. The third-order valence-corrected chi connectivity index (χ3v) is 8.63. The van der Waals surface area contributed by atoms with Gasteiger partial charge in [0.25, 0.3) is 0 Å². The number of likely N-dealkylation sites (tertiary alicyclic amines) is 1. The van der Waals surface area contributed by atoms with Gasteiger partial charge in [-0.1, -0.05) is 6.07 Å². The van der Waals surface area contributed by atoms with E-state index in [0.717, 1.165) is 63.6 Å². The van der Waals surface area contributed by atoms with Crippen molar-refractivity contribution in [3.05, 3.63) is 40.7 Å². The molecule has 2 N–H and O–H groups in total. The van der Waals surface area contributed by atoms with Crippen LogP contribution in [0.4, 0.5) is 16.2 Å². The van der Waals surface area contributed by atoms with Crippen LogP contribution in [-0.4, -0.2) is 84.9 Å². The monoisotopic (exact) mass is 496 g/mol. The summed E-state index contributed by atoms with van der Waals surface area (Å²) >= 11 is 0. The van der Waals surface area contributed by atoms with Crippen LogP contribution >= 0.6 is 0 Å². The van der Waals surface area contributed by atoms with Gasteiger partial charge in [0.15, 0.2) is 0 Å². The van der Waals surface area contributed by atoms with Crippen LogP contribution in [0.25, 0.3) is 0 Å². The molecule has 1 aromatic heterocycles. The fraction of sp³-hybridized carbons (Fsp3) is 0.565. The molecule has 180 valence electrons. The number of nitrogens with zero attached hydrogens (tertiary/aromatic N) is 4. The first-order chi connectivity index (χ1) is 15.8. The van der Waals surface area contributed by atoms with E-state index in [2.05, 4.69) is 26.1 Å². The molecule has 3 aliphatic rings. The number of aryl methyl sites for hydroxylation is 3. The molecule has 1 atom stereocenters. The molecule has 2 aliphatic carbocycles. The predicted octanol–water partition coefficient (Wildman–Crippen LogP) is 1.72. The number of fused-ring (bicyclic) bond motifs is 2. The topological polar surface area (TPSA) is 99.6 Å². The van der Waals surface area contributed by atoms with Crippen LogP contribution in [0.15, 0.2) is 18.5 Å². The van der Waals surface area contributed by atoms with Gasteiger partial charge >= 0.3 is 45.8 Å². The molecule has 9 nitrogen and oxygen atoms in total. The molecule has 5 rings (SSSR count). The van der Waals surface area contributed by atoms with Crippen molar-refractivity contribution in [2.45, 2.75) is 57.4 Å². The van der Waals surface area contributed by atoms with Crippen molar-refractivity contribution in [3.63, 3.8) is 0 Å². The van der Waals surface area contributed by atoms with Gasteiger partial charge in [0.2, 0.25) is 0 Å². The third-order valence-electron chi connectivity index (χ3n) is 7.25. The number of likely N-dealkylation sites (N-methyl/N-ethyl adjacent to an activating group) is 1. The second-order valence-corrected chi connectivity index (χ2v) is 11.1. The van der Waals surface area contributed by atoms with E-state index in [1.807, 2.05) is 7.05 Å². The molecule has 34 heavy (non-hydrogen) atoms. The Labute approximate surface area is 223 Å². The predicted molar refractivity (Wildman–Crippen MR) is 135 cm³/mol. The molecular formula is C23H33N6NaO3S. The number of carbonyl (C=O) groups is 1. The van der Waals surface area contributed by atoms with Gasteiger partial charge in [0, 0.05) is 25.0 Å². The van der Waals surface area contributed by atoms with Crippen molar-refractivity contribution < 1.29 is 13.2 Å². The third kappa shape index (κ3) is 5.02. The van der Waals surface area contributed by atoms with Crippen molar-refractivity contribution in [1.29, 1.82) is 0 Å². The summed E-state index contributed by atoms with van der Waals surface area (Å²) in [5, 5.41) is 7.06. The zero-order valence-electron chi connectivity index (χ0n) is 19.3. The molecular weight excluding hydrogens is 463 g/mol. The van der Waals surface area contributed by atoms with Crippen molar-refractivity contribution in [2.75, 3.05) is 29.8 Å². The molecule has 1 aromatic carbocycles. The molecule has 1 fully saturated rings. The molecule has 11 heteroatoms. The molecule has 0 bridgehead atoms. The Morgan fingerprint density at radius 1 is 1.12 bits per heavy atom. The zero-order chi connectivity index (χ0) is 23.2. The number of amides is 2. The van der Waals surface area contributed by atoms with Crippen LogP contribution in [0.5, 0.6) is 0 Å². The van der Waals surface area contributed by atoms with E-state index in [-0.39, 0.29) is 42.1 Å². The molecule has 1 saturated heterocycles. The fourth-order valence-electron chi connectivity index (χ4n) is 5.56. The van der Waals surface area contributed by atoms with Gasteiger partial charge in [0.1, 0.15) is 0 Å². The van der Waals surface area contributed by atoms with Gasteiger partial charge in [-0.2, -0.15) is 13.5 Å². The Morgan fingerprint density at radius 3 is 2.35 bits per heavy atom. The van der Waals surface area contributed by atoms with E-state index in [1.54, 1.807) is 17.9 Å². The van der Waals surface area contributed by atoms with Crippen molar-refractivity contribution in [1.82, 2.24) is 19.4 Å². The Morgan fingerprint density at radius 2 is 1.79 bits per heavy atom. The fourth-order valence-corrected chi connectivity index (χ4v) is 6.69. The minimum absolute atomic E-state index is 0. The maximum atomic E-state index is 13.4. The molecule has 2 amide bonds. The molecule has 0 saturated carbocycles. The standard InChI is InChI=1S/C23H32N6O3S.Na.H/c1-27-11-5-8-18(27)15-29(19-13-24-28(2)14-19)33(31,32)26-23(30)25-22-20-9-3-6-16(20)12-17-7-4-10-21(17)22;;/h12-14,18H,3-11,15H2,1-2H3,(H2,25,26,30);;/t18-;;/m0../s1. The van der Waals surface area contributed by atoms with E-state index in [4.69, 9.17) is 0 Å². The number of hydrogen-bond donors (Lipinski definition) is 2. The summed E-state index contributed by atoms with van der Waals surface area (Å²) in [5.41, 5.74) is 6.18. The van der Waals surface area contributed by atoms with E-state index in [9.17, 15) is 13.2 Å². The van der Waals surface area contributed by atoms with Gasteiger partial charge in [-0.25, -0.2) is 13.8 Å². The number of benzene rings is 1. The van der Waals surface area contributed by atoms with Crippen molar-refractivity contribution in [3.8, 4) is 0 Å². The molecule has 0 spiro atoms. The van der Waals surface area contributed by atoms with E-state index in [0.29, 0.717) is 5.69 Å². The second kappa shape index (κ2) is 10.2. The summed E-state index contributed by atoms with van der Waals surface area (Å²) in [6.45, 7) is 1.20. The number of rotatable bonds is 6. The normalized spacial score (nSPS) is 19.4. The van der Waals surface area contributed by atoms with Crippen LogP contribution in [0, 0.1) is 0 Å². The summed E-state index contributed by atoms with van der Waals surface area (Å²) in [7, 11) is -0.384. The SMILES string of the molecule is CN1CCC[C@H]1CN(c1cnn(C)c1)S(=O)(=O)NC(=O)Nc1c2c(cc3c1CCC3)CCC2.[NaH]. The van der Waals surface area contributed by atoms with E-state index in [1.165, 1.54) is 32.8 Å². The Kier molecular flexibility index (Phi) is 7.64. The molecule has 1 aliphatic heterocycles. The van der Waals surface area contributed by atoms with Gasteiger partial charge in [-0.15, -0.1) is 0 Å². The summed E-state index contributed by atoms with van der Waals surface area (Å²) in [4.78, 5) is 15.2. The van der Waals surface area contributed by atoms with Crippen LogP contribution in [0.3, 0.4) is 0 Å². The summed E-state index contributed by atoms with van der Waals surface area (Å²) < 4.78 is 31.9. The van der Waals surface area contributed by atoms with E-state index < -0.39 is 16.2 Å². The number of urea groups is 1. The summed E-state index contributed by atoms with van der Waals surface area (Å²) in [6, 6.07) is 1.66. The number of anilines is 2. The average molecular weight is 497 g/mol. The molecule has 2 aromatic rings. The first-order valence-corrected chi connectivity index (χ1v) is 13.2. The second-order valence-electron chi connectivity index (χ2n) is 9.48. The van der Waals surface area contributed by atoms with Gasteiger partial charge in [0.05, 0.1) is 18.4 Å². The van der Waals surface area contributed by atoms with Gasteiger partial charge in [-0.3, -0.25) is 4.68 Å². The average Bonchev–Trinajstić information content (AvgIpc) is 3.53. The van der Waals surface area contributed by atoms with Crippen molar-refractivity contribution in [2.24, 2.45) is 7.05 Å². The maximum absolute atomic E-state index is 13.4. The van der Waals surface area contributed by atoms with Crippen molar-refractivity contribution >= 4 is 57.2 Å². The Hall–Kier alpha value is -1.59.